The van der Waals surface area contributed by atoms with E-state index in [1.54, 1.807) is 14.2 Å². The first-order valence-electron chi connectivity index (χ1n) is 6.81. The van der Waals surface area contributed by atoms with Gasteiger partial charge in [-0.3, -0.25) is 4.99 Å². The fourth-order valence-corrected chi connectivity index (χ4v) is 1.81. The standard InChI is InChI=1S/C15H26N4O/c1-16-15(17-9-10-20-4)18-11-13-5-7-14(8-6-13)12-19(2)3/h5-8H,9-12H2,1-4H3,(H2,16,17,18). The zero-order chi connectivity index (χ0) is 14.8. The topological polar surface area (TPSA) is 48.9 Å². The molecule has 0 unspecified atom stereocenters. The number of methoxy groups -OCH3 is 1. The van der Waals surface area contributed by atoms with Crippen LogP contribution in [-0.2, 0) is 17.8 Å². The lowest BCUT2D eigenvalue weighted by Crippen LogP contribution is -2.38. The highest BCUT2D eigenvalue weighted by molar-refractivity contribution is 5.79. The fourth-order valence-electron chi connectivity index (χ4n) is 1.81. The summed E-state index contributed by atoms with van der Waals surface area (Å²) in [4.78, 5) is 6.33. The van der Waals surface area contributed by atoms with Crippen LogP contribution in [0, 0.1) is 0 Å². The van der Waals surface area contributed by atoms with Gasteiger partial charge < -0.3 is 20.3 Å². The zero-order valence-corrected chi connectivity index (χ0v) is 12.9. The molecule has 2 N–H and O–H groups in total. The van der Waals surface area contributed by atoms with Gasteiger partial charge in [-0.1, -0.05) is 24.3 Å². The highest BCUT2D eigenvalue weighted by Crippen LogP contribution is 2.05. The number of nitrogens with one attached hydrogen (secondary N) is 2. The van der Waals surface area contributed by atoms with Crippen LogP contribution in [-0.4, -0.2) is 52.3 Å². The van der Waals surface area contributed by atoms with Crippen molar-refractivity contribution in [3.63, 3.8) is 0 Å². The van der Waals surface area contributed by atoms with Crippen molar-refractivity contribution < 1.29 is 4.74 Å². The second-order valence-electron chi connectivity index (χ2n) is 4.90. The van der Waals surface area contributed by atoms with E-state index in [1.165, 1.54) is 11.1 Å². The molecule has 0 spiro atoms. The van der Waals surface area contributed by atoms with Gasteiger partial charge in [-0.2, -0.15) is 0 Å². The van der Waals surface area contributed by atoms with Crippen LogP contribution >= 0.6 is 0 Å². The molecular formula is C15H26N4O. The minimum Gasteiger partial charge on any atom is -0.383 e. The Labute approximate surface area is 122 Å². The predicted molar refractivity (Wildman–Crippen MR) is 83.9 cm³/mol. The third-order valence-corrected chi connectivity index (χ3v) is 2.80. The Morgan fingerprint density at radius 2 is 1.80 bits per heavy atom. The summed E-state index contributed by atoms with van der Waals surface area (Å²) in [7, 11) is 7.60. The number of hydrogen-bond donors (Lipinski definition) is 2. The number of nitrogens with zero attached hydrogens (tertiary/aromatic N) is 2. The van der Waals surface area contributed by atoms with E-state index in [9.17, 15) is 0 Å². The van der Waals surface area contributed by atoms with Crippen LogP contribution in [0.2, 0.25) is 0 Å². The van der Waals surface area contributed by atoms with Crippen LogP contribution in [0.15, 0.2) is 29.3 Å². The van der Waals surface area contributed by atoms with Crippen molar-refractivity contribution in [3.8, 4) is 0 Å². The molecule has 5 nitrogen and oxygen atoms in total. The van der Waals surface area contributed by atoms with E-state index >= 15 is 0 Å². The van der Waals surface area contributed by atoms with Gasteiger partial charge in [-0.25, -0.2) is 0 Å². The molecule has 112 valence electrons. The summed E-state index contributed by atoms with van der Waals surface area (Å²) in [6.07, 6.45) is 0. The van der Waals surface area contributed by atoms with Crippen molar-refractivity contribution in [2.45, 2.75) is 13.1 Å². The van der Waals surface area contributed by atoms with E-state index in [0.29, 0.717) is 6.61 Å². The molecule has 0 saturated heterocycles. The molecule has 0 radical (unpaired) electrons. The molecule has 0 aromatic heterocycles. The molecule has 0 aliphatic rings. The van der Waals surface area contributed by atoms with Crippen molar-refractivity contribution in [2.75, 3.05) is 41.4 Å². The first-order valence-corrected chi connectivity index (χ1v) is 6.81. The van der Waals surface area contributed by atoms with E-state index in [1.807, 2.05) is 0 Å². The predicted octanol–water partition coefficient (Wildman–Crippen LogP) is 1.06. The maximum absolute atomic E-state index is 5.00. The lowest BCUT2D eigenvalue weighted by molar-refractivity contribution is 0.203. The molecule has 1 aromatic rings. The SMILES string of the molecule is CN=C(NCCOC)NCc1ccc(CN(C)C)cc1. The van der Waals surface area contributed by atoms with Gasteiger partial charge in [0.1, 0.15) is 0 Å². The molecule has 0 atom stereocenters. The normalized spacial score (nSPS) is 11.8. The Morgan fingerprint density at radius 1 is 1.15 bits per heavy atom. The molecule has 0 amide bonds. The molecule has 0 heterocycles. The summed E-state index contributed by atoms with van der Waals surface area (Å²) >= 11 is 0. The van der Waals surface area contributed by atoms with Crippen LogP contribution < -0.4 is 10.6 Å². The van der Waals surface area contributed by atoms with E-state index < -0.39 is 0 Å². The summed E-state index contributed by atoms with van der Waals surface area (Å²) in [5, 5.41) is 6.46. The quantitative estimate of drug-likeness (QED) is 0.445. The molecule has 0 fully saturated rings. The van der Waals surface area contributed by atoms with Crippen molar-refractivity contribution in [3.05, 3.63) is 35.4 Å². The monoisotopic (exact) mass is 278 g/mol. The third-order valence-electron chi connectivity index (χ3n) is 2.80. The zero-order valence-electron chi connectivity index (χ0n) is 12.9. The second kappa shape index (κ2) is 9.34. The highest BCUT2D eigenvalue weighted by Gasteiger charge is 1.99. The molecule has 20 heavy (non-hydrogen) atoms. The number of aliphatic imine (C=N–C) groups is 1. The van der Waals surface area contributed by atoms with Crippen LogP contribution in [0.4, 0.5) is 0 Å². The van der Waals surface area contributed by atoms with Crippen molar-refractivity contribution in [1.29, 1.82) is 0 Å². The van der Waals surface area contributed by atoms with Gasteiger partial charge in [0.25, 0.3) is 0 Å². The van der Waals surface area contributed by atoms with Crippen LogP contribution in [0.1, 0.15) is 11.1 Å². The van der Waals surface area contributed by atoms with Gasteiger partial charge in [0.05, 0.1) is 6.61 Å². The Hall–Kier alpha value is -1.59. The summed E-state index contributed by atoms with van der Waals surface area (Å²) in [5.74, 6) is 0.791. The van der Waals surface area contributed by atoms with Gasteiger partial charge in [-0.15, -0.1) is 0 Å². The van der Waals surface area contributed by atoms with Gasteiger partial charge in [0, 0.05) is 33.8 Å². The Bertz CT molecular complexity index is 401. The van der Waals surface area contributed by atoms with E-state index in [2.05, 4.69) is 58.9 Å². The van der Waals surface area contributed by atoms with Gasteiger partial charge in [0.15, 0.2) is 5.96 Å². The van der Waals surface area contributed by atoms with Gasteiger partial charge in [-0.05, 0) is 25.2 Å². The molecule has 0 saturated carbocycles. The number of hydrogen-bond acceptors (Lipinski definition) is 3. The smallest absolute Gasteiger partial charge is 0.191 e. The molecule has 1 rings (SSSR count). The van der Waals surface area contributed by atoms with E-state index in [-0.39, 0.29) is 0 Å². The molecule has 0 bridgehead atoms. The van der Waals surface area contributed by atoms with E-state index in [0.717, 1.165) is 25.6 Å². The average molecular weight is 278 g/mol. The Kier molecular flexibility index (Phi) is 7.69. The van der Waals surface area contributed by atoms with Crippen molar-refractivity contribution >= 4 is 5.96 Å². The summed E-state index contributed by atoms with van der Waals surface area (Å²) in [5.41, 5.74) is 2.56. The van der Waals surface area contributed by atoms with Gasteiger partial charge >= 0.3 is 0 Å². The average Bonchev–Trinajstić information content (AvgIpc) is 2.43. The Morgan fingerprint density at radius 3 is 2.35 bits per heavy atom. The van der Waals surface area contributed by atoms with Crippen LogP contribution in [0.5, 0.6) is 0 Å². The number of benzene rings is 1. The number of rotatable bonds is 7. The summed E-state index contributed by atoms with van der Waals surface area (Å²) in [6, 6.07) is 8.62. The Balaban J connectivity index is 2.40. The van der Waals surface area contributed by atoms with E-state index in [4.69, 9.17) is 4.74 Å². The minimum atomic E-state index is 0.667. The highest BCUT2D eigenvalue weighted by atomic mass is 16.5. The summed E-state index contributed by atoms with van der Waals surface area (Å²) in [6.45, 7) is 3.14. The largest absolute Gasteiger partial charge is 0.383 e. The fraction of sp³-hybridized carbons (Fsp3) is 0.533. The first kappa shape index (κ1) is 16.5. The maximum atomic E-state index is 5.00. The molecule has 5 heteroatoms. The van der Waals surface area contributed by atoms with Crippen LogP contribution in [0.3, 0.4) is 0 Å². The van der Waals surface area contributed by atoms with Gasteiger partial charge in [0.2, 0.25) is 0 Å². The molecule has 0 aliphatic heterocycles. The molecule has 0 aliphatic carbocycles. The summed E-state index contributed by atoms with van der Waals surface area (Å²) < 4.78 is 5.00. The lowest BCUT2D eigenvalue weighted by Gasteiger charge is -2.13. The molecule has 1 aromatic carbocycles. The number of guanidine groups is 1. The minimum absolute atomic E-state index is 0.667. The second-order valence-corrected chi connectivity index (χ2v) is 4.90. The van der Waals surface area contributed by atoms with Crippen LogP contribution in [0.25, 0.3) is 0 Å². The van der Waals surface area contributed by atoms with Crippen molar-refractivity contribution in [1.82, 2.24) is 15.5 Å². The lowest BCUT2D eigenvalue weighted by atomic mass is 10.1. The van der Waals surface area contributed by atoms with Crippen molar-refractivity contribution in [2.24, 2.45) is 4.99 Å². The third kappa shape index (κ3) is 6.54. The molecular weight excluding hydrogens is 252 g/mol. The maximum Gasteiger partial charge on any atom is 0.191 e. The first-order chi connectivity index (χ1) is 9.65. The number of ether oxygens (including phenoxy) is 1.